The van der Waals surface area contributed by atoms with Gasteiger partial charge in [0.05, 0.1) is 11.7 Å². The van der Waals surface area contributed by atoms with Crippen LogP contribution < -0.4 is 10.7 Å². The molecule has 2 aliphatic rings. The Balaban J connectivity index is 1.63. The summed E-state index contributed by atoms with van der Waals surface area (Å²) < 4.78 is 0. The van der Waals surface area contributed by atoms with Gasteiger partial charge in [0, 0.05) is 26.1 Å². The fraction of sp³-hybridized carbons (Fsp3) is 0.318. The fourth-order valence-electron chi connectivity index (χ4n) is 3.97. The lowest BCUT2D eigenvalue weighted by Crippen LogP contribution is -2.51. The van der Waals surface area contributed by atoms with E-state index in [1.165, 1.54) is 0 Å². The van der Waals surface area contributed by atoms with Gasteiger partial charge in [-0.2, -0.15) is 5.10 Å². The Morgan fingerprint density at radius 2 is 1.66 bits per heavy atom. The van der Waals surface area contributed by atoms with Crippen molar-refractivity contribution in [2.24, 2.45) is 10.8 Å². The minimum atomic E-state index is -0.654. The van der Waals surface area contributed by atoms with Crippen molar-refractivity contribution in [2.45, 2.75) is 18.5 Å². The quantitative estimate of drug-likeness (QED) is 0.859. The molecule has 2 atom stereocenters. The van der Waals surface area contributed by atoms with Crippen LogP contribution in [-0.4, -0.2) is 60.0 Å². The Kier molecular flexibility index (Phi) is 5.31. The number of primary amides is 1. The summed E-state index contributed by atoms with van der Waals surface area (Å²) in [5, 5.41) is 6.10. The molecule has 2 aromatic rings. The van der Waals surface area contributed by atoms with Gasteiger partial charge in [-0.1, -0.05) is 48.5 Å². The number of hydrazone groups is 1. The molecule has 4 rings (SSSR count). The maximum atomic E-state index is 13.4. The number of hydrogen-bond donors (Lipinski definition) is 1. The molecule has 0 radical (unpaired) electrons. The highest BCUT2D eigenvalue weighted by molar-refractivity contribution is 6.40. The molecule has 7 heteroatoms. The summed E-state index contributed by atoms with van der Waals surface area (Å²) in [6.45, 7) is 2.16. The Bertz CT molecular complexity index is 915. The first-order valence-electron chi connectivity index (χ1n) is 9.80. The number of carbonyl (C=O) groups is 2. The molecular formula is C22H25N5O2. The van der Waals surface area contributed by atoms with Crippen LogP contribution in [0.2, 0.25) is 0 Å². The molecule has 2 N–H and O–H groups in total. The number of anilines is 1. The van der Waals surface area contributed by atoms with E-state index >= 15 is 0 Å². The van der Waals surface area contributed by atoms with Crippen LogP contribution in [0.1, 0.15) is 18.0 Å². The number of para-hydroxylation sites is 1. The average molecular weight is 391 g/mol. The number of rotatable bonds is 4. The smallest absolute Gasteiger partial charge is 0.270 e. The second-order valence-electron chi connectivity index (χ2n) is 7.54. The van der Waals surface area contributed by atoms with Crippen LogP contribution in [0.25, 0.3) is 0 Å². The van der Waals surface area contributed by atoms with Crippen LogP contribution in [0.5, 0.6) is 0 Å². The first-order chi connectivity index (χ1) is 14.0. The maximum Gasteiger partial charge on any atom is 0.270 e. The first-order valence-corrected chi connectivity index (χ1v) is 9.80. The number of amides is 2. The fourth-order valence-corrected chi connectivity index (χ4v) is 3.97. The van der Waals surface area contributed by atoms with Crippen LogP contribution >= 0.6 is 0 Å². The van der Waals surface area contributed by atoms with E-state index in [1.54, 1.807) is 5.01 Å². The zero-order valence-corrected chi connectivity index (χ0v) is 16.4. The molecule has 2 amide bonds. The summed E-state index contributed by atoms with van der Waals surface area (Å²) in [5.41, 5.74) is 7.84. The molecule has 0 aromatic heterocycles. The summed E-state index contributed by atoms with van der Waals surface area (Å²) in [6, 6.07) is 18.7. The Morgan fingerprint density at radius 1 is 1.00 bits per heavy atom. The minimum Gasteiger partial charge on any atom is -0.368 e. The van der Waals surface area contributed by atoms with Gasteiger partial charge in [0.25, 0.3) is 5.91 Å². The molecule has 0 unspecified atom stereocenters. The molecule has 0 aliphatic carbocycles. The SMILES string of the molecule is CN1CCN(C(=O)C2=NN(c3ccccc3)[C@H](C(N)=O)C2)[C@H](c2ccccc2)C1. The summed E-state index contributed by atoms with van der Waals surface area (Å²) in [7, 11) is 2.06. The van der Waals surface area contributed by atoms with Gasteiger partial charge in [-0.3, -0.25) is 14.6 Å². The van der Waals surface area contributed by atoms with Gasteiger partial charge in [-0.05, 0) is 24.7 Å². The molecule has 150 valence electrons. The van der Waals surface area contributed by atoms with Crippen molar-refractivity contribution in [3.05, 3.63) is 66.2 Å². The largest absolute Gasteiger partial charge is 0.368 e. The standard InChI is InChI=1S/C22H25N5O2/c1-25-12-13-26(20(15-25)16-8-4-2-5-9-16)22(29)18-14-19(21(23)28)27(24-18)17-10-6-3-7-11-17/h2-11,19-20H,12-15H2,1H3,(H2,23,28)/t19-,20-/m0/s1. The number of likely N-dealkylation sites (N-methyl/N-ethyl adjacent to an activating group) is 1. The van der Waals surface area contributed by atoms with Gasteiger partial charge in [0.2, 0.25) is 5.91 Å². The van der Waals surface area contributed by atoms with Crippen LogP contribution in [0.4, 0.5) is 5.69 Å². The molecule has 2 aromatic carbocycles. The van der Waals surface area contributed by atoms with Gasteiger partial charge in [0.1, 0.15) is 11.8 Å². The Morgan fingerprint density at radius 3 is 2.31 bits per heavy atom. The van der Waals surface area contributed by atoms with Crippen LogP contribution in [0.15, 0.2) is 65.8 Å². The summed E-state index contributed by atoms with van der Waals surface area (Å²) in [5.74, 6) is -0.616. The molecule has 0 bridgehead atoms. The average Bonchev–Trinajstić information content (AvgIpc) is 3.20. The van der Waals surface area contributed by atoms with E-state index in [4.69, 9.17) is 5.73 Å². The highest BCUT2D eigenvalue weighted by Crippen LogP contribution is 2.29. The van der Waals surface area contributed by atoms with Gasteiger partial charge in [-0.25, -0.2) is 0 Å². The Hall–Kier alpha value is -3.19. The lowest BCUT2D eigenvalue weighted by molar-refractivity contribution is -0.128. The van der Waals surface area contributed by atoms with Gasteiger partial charge < -0.3 is 15.5 Å². The minimum absolute atomic E-state index is 0.0528. The Labute approximate surface area is 170 Å². The molecule has 2 heterocycles. The van der Waals surface area contributed by atoms with Crippen molar-refractivity contribution < 1.29 is 9.59 Å². The van der Waals surface area contributed by atoms with E-state index in [-0.39, 0.29) is 18.4 Å². The van der Waals surface area contributed by atoms with E-state index in [1.807, 2.05) is 65.6 Å². The van der Waals surface area contributed by atoms with Gasteiger partial charge in [-0.15, -0.1) is 0 Å². The molecule has 1 fully saturated rings. The predicted octanol–water partition coefficient (Wildman–Crippen LogP) is 1.62. The first kappa shape index (κ1) is 19.1. The number of piperazine rings is 1. The van der Waals surface area contributed by atoms with Crippen molar-refractivity contribution >= 4 is 23.2 Å². The number of hydrogen-bond acceptors (Lipinski definition) is 5. The van der Waals surface area contributed by atoms with E-state index in [0.717, 1.165) is 24.3 Å². The summed E-state index contributed by atoms with van der Waals surface area (Å²) in [4.78, 5) is 29.6. The van der Waals surface area contributed by atoms with Crippen molar-refractivity contribution in [3.8, 4) is 0 Å². The lowest BCUT2D eigenvalue weighted by Gasteiger charge is -2.40. The van der Waals surface area contributed by atoms with Crippen molar-refractivity contribution in [1.29, 1.82) is 0 Å². The molecule has 2 aliphatic heterocycles. The van der Waals surface area contributed by atoms with Crippen molar-refractivity contribution in [3.63, 3.8) is 0 Å². The molecule has 1 saturated heterocycles. The van der Waals surface area contributed by atoms with Gasteiger partial charge >= 0.3 is 0 Å². The zero-order valence-electron chi connectivity index (χ0n) is 16.4. The summed E-state index contributed by atoms with van der Waals surface area (Å²) >= 11 is 0. The molecular weight excluding hydrogens is 366 g/mol. The normalized spacial score (nSPS) is 22.4. The van der Waals surface area contributed by atoms with Crippen molar-refractivity contribution in [1.82, 2.24) is 9.80 Å². The zero-order chi connectivity index (χ0) is 20.4. The van der Waals surface area contributed by atoms with Crippen molar-refractivity contribution in [2.75, 3.05) is 31.7 Å². The topological polar surface area (TPSA) is 82.2 Å². The second-order valence-corrected chi connectivity index (χ2v) is 7.54. The van der Waals surface area contributed by atoms with Crippen LogP contribution in [-0.2, 0) is 9.59 Å². The second kappa shape index (κ2) is 8.05. The van der Waals surface area contributed by atoms with E-state index in [0.29, 0.717) is 12.3 Å². The molecule has 29 heavy (non-hydrogen) atoms. The predicted molar refractivity (Wildman–Crippen MR) is 112 cm³/mol. The summed E-state index contributed by atoms with van der Waals surface area (Å²) in [6.07, 6.45) is 0.219. The third kappa shape index (κ3) is 3.86. The van der Waals surface area contributed by atoms with Gasteiger partial charge in [0.15, 0.2) is 0 Å². The van der Waals surface area contributed by atoms with E-state index in [9.17, 15) is 9.59 Å². The van der Waals surface area contributed by atoms with E-state index in [2.05, 4.69) is 17.0 Å². The monoisotopic (exact) mass is 391 g/mol. The number of nitrogens with zero attached hydrogens (tertiary/aromatic N) is 4. The number of nitrogens with two attached hydrogens (primary N) is 1. The highest BCUT2D eigenvalue weighted by atomic mass is 16.2. The third-order valence-corrected chi connectivity index (χ3v) is 5.54. The van der Waals surface area contributed by atoms with Crippen LogP contribution in [0, 0.1) is 0 Å². The maximum absolute atomic E-state index is 13.4. The molecule has 7 nitrogen and oxygen atoms in total. The third-order valence-electron chi connectivity index (χ3n) is 5.54. The number of benzene rings is 2. The highest BCUT2D eigenvalue weighted by Gasteiger charge is 2.39. The lowest BCUT2D eigenvalue weighted by atomic mass is 10.0. The van der Waals surface area contributed by atoms with Crippen LogP contribution in [0.3, 0.4) is 0 Å². The van der Waals surface area contributed by atoms with E-state index < -0.39 is 11.9 Å². The molecule has 0 spiro atoms. The molecule has 0 saturated carbocycles. The number of carbonyl (C=O) groups excluding carboxylic acids is 2.